The summed E-state index contributed by atoms with van der Waals surface area (Å²) in [5.41, 5.74) is -0.0885. The third kappa shape index (κ3) is 4.16. The van der Waals surface area contributed by atoms with Crippen LogP contribution in [0.15, 0.2) is 28.0 Å². The monoisotopic (exact) mass is 422 g/mol. The molecule has 1 aliphatic heterocycles. The van der Waals surface area contributed by atoms with Gasteiger partial charge in [0.15, 0.2) is 17.3 Å². The fourth-order valence-corrected chi connectivity index (χ4v) is 3.47. The molecule has 1 aliphatic rings. The fourth-order valence-electron chi connectivity index (χ4n) is 2.83. The maximum absolute atomic E-state index is 13.3. The number of methoxy groups -OCH3 is 1. The predicted molar refractivity (Wildman–Crippen MR) is 101 cm³/mol. The molecule has 9 nitrogen and oxygen atoms in total. The van der Waals surface area contributed by atoms with Crippen LogP contribution >= 0.6 is 11.3 Å². The SMILES string of the molecule is COc1cc(N2CCC(F)(F)CC2)nnc1C(=O)Nc1nnc(-c2cccs2)o1. The van der Waals surface area contributed by atoms with Crippen molar-refractivity contribution in [3.8, 4) is 16.5 Å². The predicted octanol–water partition coefficient (Wildman–Crippen LogP) is 3.08. The molecule has 12 heteroatoms. The second-order valence-electron chi connectivity index (χ2n) is 6.31. The standard InChI is InChI=1S/C17H16F2N6O3S/c1-27-10-9-12(25-6-4-17(18,19)5-7-25)21-22-13(10)14(26)20-16-24-23-15(28-16)11-3-2-8-29-11/h2-3,8-9H,4-7H2,1H3,(H,20,24,26). The molecule has 152 valence electrons. The number of aromatic nitrogens is 4. The Kier molecular flexibility index (Phi) is 5.09. The summed E-state index contributed by atoms with van der Waals surface area (Å²) in [6.07, 6.45) is -0.522. The summed E-state index contributed by atoms with van der Waals surface area (Å²) in [5, 5.41) is 19.9. The average Bonchev–Trinajstić information content (AvgIpc) is 3.39. The molecule has 0 atom stereocenters. The van der Waals surface area contributed by atoms with Crippen molar-refractivity contribution in [3.05, 3.63) is 29.3 Å². The minimum Gasteiger partial charge on any atom is -0.494 e. The number of carbonyl (C=O) groups is 1. The highest BCUT2D eigenvalue weighted by molar-refractivity contribution is 7.13. The van der Waals surface area contributed by atoms with Crippen molar-refractivity contribution in [2.24, 2.45) is 0 Å². The van der Waals surface area contributed by atoms with E-state index in [-0.39, 0.29) is 49.3 Å². The highest BCUT2D eigenvalue weighted by atomic mass is 32.1. The Balaban J connectivity index is 1.48. The number of nitrogens with one attached hydrogen (secondary N) is 1. The third-order valence-corrected chi connectivity index (χ3v) is 5.24. The minimum atomic E-state index is -2.67. The first-order chi connectivity index (χ1) is 13.9. The number of halogens is 2. The van der Waals surface area contributed by atoms with Crippen molar-refractivity contribution < 1.29 is 22.7 Å². The van der Waals surface area contributed by atoms with Crippen LogP contribution in [0.3, 0.4) is 0 Å². The third-order valence-electron chi connectivity index (χ3n) is 4.38. The van der Waals surface area contributed by atoms with E-state index in [1.54, 1.807) is 4.90 Å². The number of thiophene rings is 1. The molecule has 4 heterocycles. The van der Waals surface area contributed by atoms with Gasteiger partial charge in [-0.1, -0.05) is 11.2 Å². The Morgan fingerprint density at radius 2 is 2.07 bits per heavy atom. The summed E-state index contributed by atoms with van der Waals surface area (Å²) in [4.78, 5) is 15.0. The summed E-state index contributed by atoms with van der Waals surface area (Å²) in [6, 6.07) is 5.06. The van der Waals surface area contributed by atoms with Gasteiger partial charge in [0, 0.05) is 32.0 Å². The fraction of sp³-hybridized carbons (Fsp3) is 0.353. The van der Waals surface area contributed by atoms with Crippen molar-refractivity contribution in [1.29, 1.82) is 0 Å². The molecule has 1 saturated heterocycles. The molecule has 0 bridgehead atoms. The molecule has 0 aliphatic carbocycles. The maximum Gasteiger partial charge on any atom is 0.322 e. The molecular weight excluding hydrogens is 406 g/mol. The van der Waals surface area contributed by atoms with Crippen LogP contribution in [0.25, 0.3) is 10.8 Å². The van der Waals surface area contributed by atoms with Crippen LogP contribution in [0, 0.1) is 0 Å². The van der Waals surface area contributed by atoms with E-state index in [1.165, 1.54) is 24.5 Å². The van der Waals surface area contributed by atoms with E-state index in [9.17, 15) is 13.6 Å². The molecule has 0 spiro atoms. The molecule has 1 N–H and O–H groups in total. The number of hydrogen-bond acceptors (Lipinski definition) is 9. The van der Waals surface area contributed by atoms with Crippen molar-refractivity contribution in [2.45, 2.75) is 18.8 Å². The quantitative estimate of drug-likeness (QED) is 0.669. The Morgan fingerprint density at radius 3 is 2.76 bits per heavy atom. The molecule has 0 unspecified atom stereocenters. The van der Waals surface area contributed by atoms with E-state index < -0.39 is 11.8 Å². The Labute approximate surface area is 167 Å². The molecular formula is C17H16F2N6O3S. The first kappa shape index (κ1) is 19.2. The number of piperidine rings is 1. The zero-order valence-corrected chi connectivity index (χ0v) is 16.1. The van der Waals surface area contributed by atoms with Gasteiger partial charge in [-0.25, -0.2) is 8.78 Å². The van der Waals surface area contributed by atoms with Gasteiger partial charge >= 0.3 is 6.01 Å². The van der Waals surface area contributed by atoms with Crippen LogP contribution in [0.5, 0.6) is 5.75 Å². The van der Waals surface area contributed by atoms with Gasteiger partial charge in [0.2, 0.25) is 0 Å². The summed E-state index contributed by atoms with van der Waals surface area (Å²) in [6.45, 7) is 0.285. The zero-order chi connectivity index (χ0) is 20.4. The second kappa shape index (κ2) is 7.70. The van der Waals surface area contributed by atoms with Crippen LogP contribution in [0.2, 0.25) is 0 Å². The van der Waals surface area contributed by atoms with Crippen LogP contribution in [0.1, 0.15) is 23.3 Å². The molecule has 3 aromatic rings. The Bertz CT molecular complexity index is 1000. The molecule has 1 fully saturated rings. The number of carbonyl (C=O) groups excluding carboxylic acids is 1. The van der Waals surface area contributed by atoms with Crippen LogP contribution in [-0.4, -0.2) is 52.4 Å². The van der Waals surface area contributed by atoms with Crippen molar-refractivity contribution in [3.63, 3.8) is 0 Å². The van der Waals surface area contributed by atoms with Gasteiger partial charge in [-0.15, -0.1) is 26.6 Å². The van der Waals surface area contributed by atoms with Gasteiger partial charge in [-0.3, -0.25) is 10.1 Å². The Hall–Kier alpha value is -3.15. The Morgan fingerprint density at radius 1 is 1.28 bits per heavy atom. The van der Waals surface area contributed by atoms with E-state index in [4.69, 9.17) is 9.15 Å². The number of alkyl halides is 2. The molecule has 0 aromatic carbocycles. The lowest BCUT2D eigenvalue weighted by atomic mass is 10.1. The van der Waals surface area contributed by atoms with Gasteiger partial charge in [-0.05, 0) is 11.4 Å². The number of ether oxygens (including phenoxy) is 1. The lowest BCUT2D eigenvalue weighted by molar-refractivity contribution is -0.0221. The van der Waals surface area contributed by atoms with Crippen molar-refractivity contribution >= 4 is 29.1 Å². The van der Waals surface area contributed by atoms with Gasteiger partial charge in [0.25, 0.3) is 17.7 Å². The molecule has 4 rings (SSSR count). The van der Waals surface area contributed by atoms with Crippen molar-refractivity contribution in [2.75, 3.05) is 30.4 Å². The van der Waals surface area contributed by atoms with E-state index in [1.807, 2.05) is 17.5 Å². The van der Waals surface area contributed by atoms with Crippen LogP contribution < -0.4 is 15.0 Å². The first-order valence-corrected chi connectivity index (χ1v) is 9.56. The lowest BCUT2D eigenvalue weighted by Gasteiger charge is -2.32. The number of hydrogen-bond donors (Lipinski definition) is 1. The minimum absolute atomic E-state index is 0.0885. The molecule has 3 aromatic heterocycles. The van der Waals surface area contributed by atoms with Crippen LogP contribution in [-0.2, 0) is 0 Å². The van der Waals surface area contributed by atoms with Crippen molar-refractivity contribution in [1.82, 2.24) is 20.4 Å². The number of amides is 1. The van der Waals surface area contributed by atoms with E-state index in [0.717, 1.165) is 4.88 Å². The van der Waals surface area contributed by atoms with Gasteiger partial charge in [0.1, 0.15) is 0 Å². The lowest BCUT2D eigenvalue weighted by Crippen LogP contribution is -2.40. The number of nitrogens with zero attached hydrogens (tertiary/aromatic N) is 5. The van der Waals surface area contributed by atoms with E-state index >= 15 is 0 Å². The molecule has 1 amide bonds. The van der Waals surface area contributed by atoms with E-state index in [2.05, 4.69) is 25.7 Å². The average molecular weight is 422 g/mol. The maximum atomic E-state index is 13.3. The smallest absolute Gasteiger partial charge is 0.322 e. The summed E-state index contributed by atoms with van der Waals surface area (Å²) < 4.78 is 37.4. The van der Waals surface area contributed by atoms with Gasteiger partial charge in [-0.2, -0.15) is 0 Å². The molecule has 0 radical (unpaired) electrons. The molecule has 0 saturated carbocycles. The van der Waals surface area contributed by atoms with E-state index in [0.29, 0.717) is 5.82 Å². The molecule has 29 heavy (non-hydrogen) atoms. The summed E-state index contributed by atoms with van der Waals surface area (Å²) in [5.74, 6) is -2.51. The number of rotatable bonds is 5. The zero-order valence-electron chi connectivity index (χ0n) is 15.3. The van der Waals surface area contributed by atoms with Crippen LogP contribution in [0.4, 0.5) is 20.6 Å². The first-order valence-electron chi connectivity index (χ1n) is 8.68. The highest BCUT2D eigenvalue weighted by Gasteiger charge is 2.35. The second-order valence-corrected chi connectivity index (χ2v) is 7.25. The largest absolute Gasteiger partial charge is 0.494 e. The van der Waals surface area contributed by atoms with Gasteiger partial charge in [0.05, 0.1) is 12.0 Å². The summed E-state index contributed by atoms with van der Waals surface area (Å²) in [7, 11) is 1.38. The van der Waals surface area contributed by atoms with Gasteiger partial charge < -0.3 is 14.1 Å². The normalized spacial score (nSPS) is 15.9. The number of anilines is 2. The highest BCUT2D eigenvalue weighted by Crippen LogP contribution is 2.31. The summed E-state index contributed by atoms with van der Waals surface area (Å²) >= 11 is 1.42. The topological polar surface area (TPSA) is 106 Å².